The minimum absolute atomic E-state index is 0.0114. The van der Waals surface area contributed by atoms with Gasteiger partial charge in [0.15, 0.2) is 17.0 Å². The summed E-state index contributed by atoms with van der Waals surface area (Å²) in [5.41, 5.74) is 2.79. The van der Waals surface area contributed by atoms with Gasteiger partial charge in [0.1, 0.15) is 12.3 Å². The molecule has 11 nitrogen and oxygen atoms in total. The van der Waals surface area contributed by atoms with E-state index in [0.717, 1.165) is 16.6 Å². The molecule has 3 heterocycles. The molecule has 0 unspecified atom stereocenters. The number of carbonyl (C=O) groups excluding carboxylic acids is 1. The summed E-state index contributed by atoms with van der Waals surface area (Å²) in [5.74, 6) is 0.732. The minimum atomic E-state index is -0.371. The Kier molecular flexibility index (Phi) is 6.12. The van der Waals surface area contributed by atoms with E-state index in [9.17, 15) is 9.90 Å². The van der Waals surface area contributed by atoms with Crippen molar-refractivity contribution < 1.29 is 14.6 Å². The molecule has 178 valence electrons. The number of imidazole rings is 1. The number of phenolic OH excluding ortho intramolecular Hbond substituents is 1. The van der Waals surface area contributed by atoms with Crippen LogP contribution in [0.15, 0.2) is 61.1 Å². The highest BCUT2D eigenvalue weighted by atomic mass is 16.5. The van der Waals surface area contributed by atoms with E-state index in [1.165, 1.54) is 0 Å². The van der Waals surface area contributed by atoms with E-state index in [0.29, 0.717) is 42.6 Å². The molecule has 0 fully saturated rings. The highest BCUT2D eigenvalue weighted by molar-refractivity contribution is 5.86. The largest absolute Gasteiger partial charge is 0.508 e. The van der Waals surface area contributed by atoms with Crippen molar-refractivity contribution in [3.63, 3.8) is 0 Å². The standard InChI is InChI=1S/C24H24N8O3/c1-2-35-20(34)14-31-15-27-21-22(31)29-24(26-12-11-25-17-7-9-18(33)10-8-17)30-23(21)32-19-6-4-3-5-16(19)13-28-32/h3-10,13,15,25,33H,2,11-12,14H2,1H3,(H,26,29,30). The number of carbonyl (C=O) groups is 1. The van der Waals surface area contributed by atoms with Gasteiger partial charge in [-0.15, -0.1) is 0 Å². The molecule has 0 radical (unpaired) electrons. The molecule has 11 heteroatoms. The lowest BCUT2D eigenvalue weighted by Crippen LogP contribution is -2.17. The monoisotopic (exact) mass is 472 g/mol. The molecule has 3 aromatic heterocycles. The van der Waals surface area contributed by atoms with Gasteiger partial charge in [-0.25, -0.2) is 9.67 Å². The number of benzene rings is 2. The van der Waals surface area contributed by atoms with E-state index in [1.54, 1.807) is 53.0 Å². The van der Waals surface area contributed by atoms with E-state index in [1.807, 2.05) is 24.3 Å². The fourth-order valence-electron chi connectivity index (χ4n) is 3.72. The summed E-state index contributed by atoms with van der Waals surface area (Å²) in [4.78, 5) is 25.9. The fourth-order valence-corrected chi connectivity index (χ4v) is 3.72. The summed E-state index contributed by atoms with van der Waals surface area (Å²) < 4.78 is 8.46. The number of anilines is 2. The molecule has 0 spiro atoms. The lowest BCUT2D eigenvalue weighted by molar-refractivity contribution is -0.143. The van der Waals surface area contributed by atoms with Crippen molar-refractivity contribution in [2.24, 2.45) is 0 Å². The van der Waals surface area contributed by atoms with Gasteiger partial charge in [-0.3, -0.25) is 4.79 Å². The SMILES string of the molecule is CCOC(=O)Cn1cnc2c(-n3ncc4ccccc43)nc(NCCNc3ccc(O)cc3)nc21. The van der Waals surface area contributed by atoms with E-state index in [4.69, 9.17) is 9.72 Å². The second kappa shape index (κ2) is 9.67. The Morgan fingerprint density at radius 3 is 2.69 bits per heavy atom. The second-order valence-corrected chi connectivity index (χ2v) is 7.74. The van der Waals surface area contributed by atoms with Crippen LogP contribution < -0.4 is 10.6 Å². The van der Waals surface area contributed by atoms with E-state index < -0.39 is 0 Å². The molecule has 0 saturated carbocycles. The number of para-hydroxylation sites is 1. The lowest BCUT2D eigenvalue weighted by atomic mass is 10.2. The van der Waals surface area contributed by atoms with Crippen LogP contribution in [-0.2, 0) is 16.1 Å². The Balaban J connectivity index is 1.45. The number of esters is 1. The Morgan fingerprint density at radius 2 is 1.86 bits per heavy atom. The van der Waals surface area contributed by atoms with Crippen LogP contribution in [0.4, 0.5) is 11.6 Å². The van der Waals surface area contributed by atoms with Crippen LogP contribution in [-0.4, -0.2) is 60.1 Å². The van der Waals surface area contributed by atoms with E-state index >= 15 is 0 Å². The molecule has 0 amide bonds. The number of nitrogens with one attached hydrogen (secondary N) is 2. The van der Waals surface area contributed by atoms with Gasteiger partial charge >= 0.3 is 5.97 Å². The Bertz CT molecular complexity index is 1480. The van der Waals surface area contributed by atoms with Gasteiger partial charge in [-0.1, -0.05) is 18.2 Å². The van der Waals surface area contributed by atoms with Gasteiger partial charge in [-0.05, 0) is 37.3 Å². The molecule has 0 bridgehead atoms. The number of aromatic nitrogens is 6. The number of hydrogen-bond donors (Lipinski definition) is 3. The molecule has 5 rings (SSSR count). The average Bonchev–Trinajstić information content (AvgIpc) is 3.47. The minimum Gasteiger partial charge on any atom is -0.508 e. The molecule has 2 aromatic carbocycles. The number of fused-ring (bicyclic) bond motifs is 2. The Labute approximate surface area is 200 Å². The lowest BCUT2D eigenvalue weighted by Gasteiger charge is -2.11. The van der Waals surface area contributed by atoms with Crippen molar-refractivity contribution in [2.45, 2.75) is 13.5 Å². The van der Waals surface area contributed by atoms with Gasteiger partial charge < -0.3 is 25.0 Å². The van der Waals surface area contributed by atoms with Crippen molar-refractivity contribution in [1.82, 2.24) is 29.3 Å². The molecular weight excluding hydrogens is 448 g/mol. The molecule has 5 aromatic rings. The maximum absolute atomic E-state index is 12.1. The smallest absolute Gasteiger partial charge is 0.326 e. The summed E-state index contributed by atoms with van der Waals surface area (Å²) in [6, 6.07) is 14.7. The number of phenols is 1. The third kappa shape index (κ3) is 4.69. The molecule has 35 heavy (non-hydrogen) atoms. The summed E-state index contributed by atoms with van der Waals surface area (Å²) in [6.45, 7) is 3.17. The Morgan fingerprint density at radius 1 is 1.06 bits per heavy atom. The number of rotatable bonds is 9. The van der Waals surface area contributed by atoms with Crippen LogP contribution in [0.1, 0.15) is 6.92 Å². The highest BCUT2D eigenvalue weighted by Gasteiger charge is 2.18. The van der Waals surface area contributed by atoms with Crippen LogP contribution >= 0.6 is 0 Å². The predicted molar refractivity (Wildman–Crippen MR) is 132 cm³/mol. The van der Waals surface area contributed by atoms with Gasteiger partial charge in [-0.2, -0.15) is 15.1 Å². The predicted octanol–water partition coefficient (Wildman–Crippen LogP) is 2.96. The average molecular weight is 473 g/mol. The van der Waals surface area contributed by atoms with Crippen molar-refractivity contribution in [3.05, 3.63) is 61.1 Å². The van der Waals surface area contributed by atoms with E-state index in [2.05, 4.69) is 25.7 Å². The van der Waals surface area contributed by atoms with Crippen molar-refractivity contribution in [2.75, 3.05) is 30.3 Å². The molecule has 3 N–H and O–H groups in total. The first kappa shape index (κ1) is 22.1. The van der Waals surface area contributed by atoms with Gasteiger partial charge in [0.05, 0.1) is 24.6 Å². The number of nitrogens with zero attached hydrogens (tertiary/aromatic N) is 6. The summed E-state index contributed by atoms with van der Waals surface area (Å²) in [6.07, 6.45) is 3.33. The molecule has 0 atom stereocenters. The third-order valence-electron chi connectivity index (χ3n) is 5.33. The second-order valence-electron chi connectivity index (χ2n) is 7.74. The Hall–Kier alpha value is -4.67. The topological polar surface area (TPSA) is 132 Å². The molecule has 0 saturated heterocycles. The zero-order chi connectivity index (χ0) is 24.2. The summed E-state index contributed by atoms with van der Waals surface area (Å²) in [7, 11) is 0. The third-order valence-corrected chi connectivity index (χ3v) is 5.33. The molecular formula is C24H24N8O3. The zero-order valence-electron chi connectivity index (χ0n) is 19.0. The van der Waals surface area contributed by atoms with Gasteiger partial charge in [0.2, 0.25) is 5.95 Å². The van der Waals surface area contributed by atoms with Gasteiger partial charge in [0, 0.05) is 24.2 Å². The van der Waals surface area contributed by atoms with Crippen LogP contribution in [0.3, 0.4) is 0 Å². The maximum Gasteiger partial charge on any atom is 0.326 e. The number of hydrogen-bond acceptors (Lipinski definition) is 9. The van der Waals surface area contributed by atoms with Crippen LogP contribution in [0.25, 0.3) is 27.9 Å². The number of ether oxygens (including phenoxy) is 1. The van der Waals surface area contributed by atoms with Crippen molar-refractivity contribution in [3.8, 4) is 11.6 Å². The first-order chi connectivity index (χ1) is 17.1. The van der Waals surface area contributed by atoms with Crippen LogP contribution in [0.2, 0.25) is 0 Å². The molecule has 0 aliphatic heterocycles. The summed E-state index contributed by atoms with van der Waals surface area (Å²) >= 11 is 0. The first-order valence-corrected chi connectivity index (χ1v) is 11.2. The first-order valence-electron chi connectivity index (χ1n) is 11.2. The highest BCUT2D eigenvalue weighted by Crippen LogP contribution is 2.24. The maximum atomic E-state index is 12.1. The normalized spacial score (nSPS) is 11.1. The fraction of sp³-hybridized carbons (Fsp3) is 0.208. The molecule has 0 aliphatic carbocycles. The quantitative estimate of drug-likeness (QED) is 0.168. The van der Waals surface area contributed by atoms with Gasteiger partial charge in [0.25, 0.3) is 0 Å². The van der Waals surface area contributed by atoms with E-state index in [-0.39, 0.29) is 18.3 Å². The van der Waals surface area contributed by atoms with Crippen molar-refractivity contribution in [1.29, 1.82) is 0 Å². The summed E-state index contributed by atoms with van der Waals surface area (Å²) in [5, 5.41) is 21.4. The van der Waals surface area contributed by atoms with Crippen molar-refractivity contribution >= 4 is 39.7 Å². The zero-order valence-corrected chi connectivity index (χ0v) is 19.0. The van der Waals surface area contributed by atoms with Crippen LogP contribution in [0.5, 0.6) is 5.75 Å². The number of aromatic hydroxyl groups is 1. The molecule has 0 aliphatic rings. The van der Waals surface area contributed by atoms with Crippen LogP contribution in [0, 0.1) is 0 Å².